The van der Waals surface area contributed by atoms with E-state index in [0.29, 0.717) is 11.4 Å². The van der Waals surface area contributed by atoms with Crippen molar-refractivity contribution in [3.05, 3.63) is 144 Å². The van der Waals surface area contributed by atoms with Gasteiger partial charge in [-0.3, -0.25) is 29.1 Å². The molecule has 0 spiro atoms. The maximum Gasteiger partial charge on any atom is 0.244 e. The van der Waals surface area contributed by atoms with Crippen LogP contribution in [0.3, 0.4) is 0 Å². The second kappa shape index (κ2) is 20.9. The second-order valence-corrected chi connectivity index (χ2v) is 13.7. The SMILES string of the molecule is CC(C)[C@H](NC(=O)/C=C/c1ccccn1)C(=O)N[C@@H](Cc1ccccc1)C(O)[C@H](Cc1ccccc1)NC(=O)[C@@H](NC(=O)/C=C/c1ccccn1)C(C)C. The van der Waals surface area contributed by atoms with Crippen LogP contribution in [0.1, 0.15) is 50.2 Å². The van der Waals surface area contributed by atoms with E-state index in [1.54, 1.807) is 48.8 Å². The second-order valence-electron chi connectivity index (χ2n) is 13.7. The molecule has 2 heterocycles. The normalized spacial score (nSPS) is 13.8. The van der Waals surface area contributed by atoms with Crippen LogP contribution in [0.4, 0.5) is 0 Å². The van der Waals surface area contributed by atoms with Gasteiger partial charge in [-0.05, 0) is 72.2 Å². The number of amides is 4. The third kappa shape index (κ3) is 13.2. The quantitative estimate of drug-likeness (QED) is 0.0954. The van der Waals surface area contributed by atoms with Crippen LogP contribution in [0, 0.1) is 11.8 Å². The van der Waals surface area contributed by atoms with Gasteiger partial charge >= 0.3 is 0 Å². The van der Waals surface area contributed by atoms with Gasteiger partial charge in [0.1, 0.15) is 12.1 Å². The van der Waals surface area contributed by atoms with Gasteiger partial charge in [0, 0.05) is 24.5 Å². The molecule has 4 atom stereocenters. The number of aliphatic hydroxyl groups excluding tert-OH is 1. The average molecular weight is 731 g/mol. The van der Waals surface area contributed by atoms with Crippen molar-refractivity contribution in [3.8, 4) is 0 Å². The zero-order chi connectivity index (χ0) is 38.9. The van der Waals surface area contributed by atoms with Gasteiger partial charge in [-0.1, -0.05) is 100 Å². The van der Waals surface area contributed by atoms with Crippen LogP contribution < -0.4 is 21.3 Å². The van der Waals surface area contributed by atoms with Crippen LogP contribution >= 0.6 is 0 Å². The smallest absolute Gasteiger partial charge is 0.244 e. The molecule has 282 valence electrons. The van der Waals surface area contributed by atoms with Gasteiger partial charge in [-0.2, -0.15) is 0 Å². The van der Waals surface area contributed by atoms with Crippen molar-refractivity contribution in [2.75, 3.05) is 0 Å². The number of nitrogens with one attached hydrogen (secondary N) is 4. The monoisotopic (exact) mass is 730 g/mol. The summed E-state index contributed by atoms with van der Waals surface area (Å²) in [7, 11) is 0. The van der Waals surface area contributed by atoms with E-state index in [1.807, 2.05) is 100 Å². The Morgan fingerprint density at radius 2 is 0.926 bits per heavy atom. The van der Waals surface area contributed by atoms with Gasteiger partial charge in [0.2, 0.25) is 23.6 Å². The van der Waals surface area contributed by atoms with E-state index in [1.165, 1.54) is 12.2 Å². The summed E-state index contributed by atoms with van der Waals surface area (Å²) in [4.78, 5) is 62.2. The van der Waals surface area contributed by atoms with Crippen LogP contribution in [0.15, 0.2) is 122 Å². The number of carbonyl (C=O) groups is 4. The fraction of sp³-hybridized carbons (Fsp3) is 0.302. The summed E-state index contributed by atoms with van der Waals surface area (Å²) in [6.07, 6.45) is 8.19. The van der Waals surface area contributed by atoms with Gasteiger partial charge < -0.3 is 26.4 Å². The van der Waals surface area contributed by atoms with E-state index in [9.17, 15) is 24.3 Å². The highest BCUT2D eigenvalue weighted by atomic mass is 16.3. The predicted octanol–water partition coefficient (Wildman–Crippen LogP) is 4.30. The van der Waals surface area contributed by atoms with E-state index in [4.69, 9.17) is 0 Å². The molecule has 0 aliphatic rings. The van der Waals surface area contributed by atoms with Crippen LogP contribution in [-0.2, 0) is 32.0 Å². The molecule has 0 bridgehead atoms. The van der Waals surface area contributed by atoms with Crippen molar-refractivity contribution in [1.29, 1.82) is 0 Å². The van der Waals surface area contributed by atoms with Crippen molar-refractivity contribution in [1.82, 2.24) is 31.2 Å². The van der Waals surface area contributed by atoms with E-state index >= 15 is 0 Å². The highest BCUT2D eigenvalue weighted by Crippen LogP contribution is 2.16. The molecule has 11 nitrogen and oxygen atoms in total. The number of carbonyl (C=O) groups excluding carboxylic acids is 4. The summed E-state index contributed by atoms with van der Waals surface area (Å²) in [5.74, 6) is -2.51. The Kier molecular flexibility index (Phi) is 15.8. The van der Waals surface area contributed by atoms with Crippen molar-refractivity contribution < 1.29 is 24.3 Å². The number of hydrogen-bond acceptors (Lipinski definition) is 7. The Balaban J connectivity index is 1.58. The summed E-state index contributed by atoms with van der Waals surface area (Å²) in [5.41, 5.74) is 2.89. The minimum atomic E-state index is -1.29. The molecule has 4 amide bonds. The minimum absolute atomic E-state index is 0.232. The van der Waals surface area contributed by atoms with Crippen molar-refractivity contribution in [3.63, 3.8) is 0 Å². The summed E-state index contributed by atoms with van der Waals surface area (Å²) in [5, 5.41) is 23.8. The van der Waals surface area contributed by atoms with Crippen molar-refractivity contribution in [2.45, 2.75) is 70.8 Å². The maximum absolute atomic E-state index is 14.0. The lowest BCUT2D eigenvalue weighted by Crippen LogP contribution is -2.61. The summed E-state index contributed by atoms with van der Waals surface area (Å²) in [6, 6.07) is 25.8. The summed E-state index contributed by atoms with van der Waals surface area (Å²) in [6.45, 7) is 7.28. The Hall–Kier alpha value is -5.94. The highest BCUT2D eigenvalue weighted by molar-refractivity contribution is 5.96. The molecule has 0 radical (unpaired) electrons. The molecule has 0 saturated carbocycles. The molecular weight excluding hydrogens is 681 g/mol. The number of benzene rings is 2. The molecule has 0 unspecified atom stereocenters. The average Bonchev–Trinajstić information content (AvgIpc) is 3.17. The first kappa shape index (κ1) is 40.8. The maximum atomic E-state index is 14.0. The molecule has 2 aromatic heterocycles. The first-order valence-electron chi connectivity index (χ1n) is 18.2. The highest BCUT2D eigenvalue weighted by Gasteiger charge is 2.35. The number of rotatable bonds is 18. The van der Waals surface area contributed by atoms with Crippen LogP contribution in [-0.4, -0.2) is 69.0 Å². The van der Waals surface area contributed by atoms with Gasteiger partial charge in [-0.15, -0.1) is 0 Å². The Morgan fingerprint density at radius 3 is 1.26 bits per heavy atom. The van der Waals surface area contributed by atoms with Gasteiger partial charge in [0.05, 0.1) is 29.6 Å². The topological polar surface area (TPSA) is 162 Å². The first-order valence-corrected chi connectivity index (χ1v) is 18.2. The van der Waals surface area contributed by atoms with Gasteiger partial charge in [0.25, 0.3) is 0 Å². The number of nitrogens with zero attached hydrogens (tertiary/aromatic N) is 2. The molecule has 54 heavy (non-hydrogen) atoms. The lowest BCUT2D eigenvalue weighted by molar-refractivity contribution is -0.130. The number of aromatic nitrogens is 2. The number of pyridine rings is 2. The zero-order valence-corrected chi connectivity index (χ0v) is 31.1. The van der Waals surface area contributed by atoms with E-state index < -0.39 is 53.9 Å². The molecule has 0 saturated heterocycles. The molecule has 0 aliphatic carbocycles. The number of hydrogen-bond donors (Lipinski definition) is 5. The minimum Gasteiger partial charge on any atom is -0.389 e. The molecule has 4 aromatic rings. The molecule has 0 fully saturated rings. The molecule has 4 rings (SSSR count). The Labute approximate surface area is 317 Å². The third-order valence-electron chi connectivity index (χ3n) is 8.76. The lowest BCUT2D eigenvalue weighted by Gasteiger charge is -2.34. The first-order chi connectivity index (χ1) is 26.0. The van der Waals surface area contributed by atoms with Crippen molar-refractivity contribution in [2.24, 2.45) is 11.8 Å². The zero-order valence-electron chi connectivity index (χ0n) is 31.1. The molecule has 0 aliphatic heterocycles. The lowest BCUT2D eigenvalue weighted by atomic mass is 9.91. The largest absolute Gasteiger partial charge is 0.389 e. The van der Waals surface area contributed by atoms with Crippen LogP contribution in [0.2, 0.25) is 0 Å². The van der Waals surface area contributed by atoms with Gasteiger partial charge in [-0.25, -0.2) is 0 Å². The fourth-order valence-electron chi connectivity index (χ4n) is 5.82. The standard InChI is InChI=1S/C43H50N6O5/c1-29(2)39(48-37(50)23-21-33-19-11-13-25-44-33)42(53)46-35(27-31-15-7-5-8-16-31)41(52)36(28-32-17-9-6-10-18-32)47-43(54)40(30(3)4)49-38(51)24-22-34-20-12-14-26-45-34/h5-26,29-30,35-36,39-41,52H,27-28H2,1-4H3,(H,46,53)(H,47,54)(H,48,50)(H,49,51)/b23-21+,24-22+/t35-,36-,39-,40-/m0/s1. The Bertz CT molecular complexity index is 1700. The fourth-order valence-corrected chi connectivity index (χ4v) is 5.82. The molecule has 11 heteroatoms. The van der Waals surface area contributed by atoms with E-state index in [2.05, 4.69) is 31.2 Å². The molecule has 2 aromatic carbocycles. The third-order valence-corrected chi connectivity index (χ3v) is 8.76. The Morgan fingerprint density at radius 1 is 0.556 bits per heavy atom. The molecular formula is C43H50N6O5. The van der Waals surface area contributed by atoms with E-state index in [0.717, 1.165) is 11.1 Å². The molecule has 5 N–H and O–H groups in total. The number of aliphatic hydroxyl groups is 1. The summed E-state index contributed by atoms with van der Waals surface area (Å²) < 4.78 is 0. The summed E-state index contributed by atoms with van der Waals surface area (Å²) >= 11 is 0. The van der Waals surface area contributed by atoms with Crippen LogP contribution in [0.5, 0.6) is 0 Å². The van der Waals surface area contributed by atoms with E-state index in [-0.39, 0.29) is 24.7 Å². The van der Waals surface area contributed by atoms with Gasteiger partial charge in [0.15, 0.2) is 0 Å². The predicted molar refractivity (Wildman–Crippen MR) is 210 cm³/mol. The van der Waals surface area contributed by atoms with Crippen LogP contribution in [0.25, 0.3) is 12.2 Å². The van der Waals surface area contributed by atoms with Crippen molar-refractivity contribution >= 4 is 35.8 Å².